The van der Waals surface area contributed by atoms with E-state index in [2.05, 4.69) is 57.8 Å². The number of benzene rings is 5. The Labute approximate surface area is 859 Å². The smallest absolute Gasteiger partial charge is 0.370 e. The van der Waals surface area contributed by atoms with Crippen LogP contribution in [0.3, 0.4) is 0 Å². The van der Waals surface area contributed by atoms with Crippen molar-refractivity contribution in [2.24, 2.45) is 14.1 Å². The molecule has 0 atom stereocenters. The number of nitrogens with zero attached hydrogens (tertiary/aromatic N) is 16. The van der Waals surface area contributed by atoms with Crippen molar-refractivity contribution >= 4 is 41.4 Å². The summed E-state index contributed by atoms with van der Waals surface area (Å²) in [7, 11) is 5.57. The van der Waals surface area contributed by atoms with E-state index in [0.717, 1.165) is 144 Å². The summed E-state index contributed by atoms with van der Waals surface area (Å²) in [6.45, 7) is 19.4. The highest BCUT2D eigenvalue weighted by Crippen LogP contribution is 2.47. The molecule has 5 saturated heterocycles. The van der Waals surface area contributed by atoms with Crippen LogP contribution in [0.1, 0.15) is 292 Å². The number of alkyl halides is 15. The SMILES string of the molecule is C=C(CNC)N1CCCc2[nH]nc(C(=O)N3CCC(c4ccccc4C(F)(F)F)CC3)c2C1.CC(=O)N1CCc2[nH]nc(C(=O)N3CCC(c4ccccc4C(F)(F)F)CC3)c2C1.CCn1nc(C(=O)N2CCC(c3ccccc3C(F)(F)F)CC2)c2c1CN(C(C)=O)CC2.Cn1nc(C(=O)N2CCC(c3ccccc3C(F)(F)F)CC2)c2c1CCC2.Cn1nc(C(=O)N2CCC(c3ccccc3C(F)(F)F)CC2)c2c1CNCC2. The van der Waals surface area contributed by atoms with Gasteiger partial charge in [-0.3, -0.25) is 57.8 Å². The van der Waals surface area contributed by atoms with E-state index in [0.29, 0.717) is 251 Å². The molecule has 5 aromatic carbocycles. The standard InChI is InChI=1S/C24H30F3N5O.C23H27F3N4O2.C21H23F3N4O2.C20H23F3N4O.C20H22F3N3O/c1-16(14-28-2)32-11-5-8-21-19(15-32)22(30-29-21)23(33)31-12-9-17(10-13-31)18-6-3-4-7-20(18)24(25,26)27;1-3-30-20-14-29(15(2)31)13-10-18(20)21(27-30)22(32)28-11-8-16(9-12-28)17-6-4-5-7-19(17)23(24,25)26;1-13(29)28-11-8-18-16(12-28)19(26-25-18)20(30)27-9-6-14(7-10-27)15-4-2-3-5-17(15)21(22,23)24;1-26-17-12-24-9-6-15(17)18(25-26)19(28)27-10-7-13(8-11-27)14-4-2-3-5-16(14)20(21,22)23;1-25-17-8-4-6-15(17)18(24-25)19(27)26-11-9-13(10-12-26)14-5-2-3-7-16(14)20(21,22)23/h3-4,6-7,17,28H,1,5,8-15H2,2H3,(H,29,30);4-7,16H,3,8-14H2,1-2H3;2-5,14H,6-12H2,1H3,(H,25,26);2-5,13,24H,6-12H2,1H3;2-3,5,7,13H,4,6,8-12H2,1H3. The van der Waals surface area contributed by atoms with Crippen molar-refractivity contribution in [1.82, 2.24) is 99.6 Å². The van der Waals surface area contributed by atoms with Crippen molar-refractivity contribution in [3.05, 3.63) is 274 Å². The van der Waals surface area contributed by atoms with Crippen molar-refractivity contribution in [3.8, 4) is 0 Å². The monoisotopic (exact) mass is 2100 g/mol. The maximum Gasteiger partial charge on any atom is 0.416 e. The van der Waals surface area contributed by atoms with Crippen molar-refractivity contribution < 1.29 is 99.4 Å². The maximum absolute atomic E-state index is 13.4. The van der Waals surface area contributed by atoms with Crippen molar-refractivity contribution in [1.29, 1.82) is 0 Å². The third-order valence-electron chi connectivity index (χ3n) is 30.9. The molecule has 10 aromatic rings. The summed E-state index contributed by atoms with van der Waals surface area (Å²) in [6, 6.07) is 28.7. The van der Waals surface area contributed by atoms with Gasteiger partial charge in [-0.2, -0.15) is 91.3 Å². The Morgan fingerprint density at radius 1 is 0.347 bits per heavy atom. The molecule has 14 heterocycles. The van der Waals surface area contributed by atoms with Crippen LogP contribution in [0.4, 0.5) is 65.9 Å². The number of rotatable bonds is 14. The van der Waals surface area contributed by atoms with E-state index in [1.54, 1.807) is 103 Å². The first kappa shape index (κ1) is 110. The lowest BCUT2D eigenvalue weighted by Gasteiger charge is -2.33. The minimum atomic E-state index is -4.39. The number of hydrogen-bond donors (Lipinski definition) is 4. The summed E-state index contributed by atoms with van der Waals surface area (Å²) in [5, 5.41) is 34.2. The predicted octanol–water partition coefficient (Wildman–Crippen LogP) is 18.2. The summed E-state index contributed by atoms with van der Waals surface area (Å²) in [5.41, 5.74) is 11.3. The molecular weight excluding hydrogens is 1970 g/mol. The molecule has 5 fully saturated rings. The van der Waals surface area contributed by atoms with Gasteiger partial charge in [0.2, 0.25) is 11.8 Å². The summed E-state index contributed by atoms with van der Waals surface area (Å²) in [6.07, 6.45) is -10.3. The second-order valence-corrected chi connectivity index (χ2v) is 40.0. The van der Waals surface area contributed by atoms with E-state index in [1.807, 2.05) is 28.1 Å². The summed E-state index contributed by atoms with van der Waals surface area (Å²) >= 11 is 0. The lowest BCUT2D eigenvalue weighted by molar-refractivity contribution is -0.139. The number of H-pyrrole nitrogens is 2. The number of carbonyl (C=O) groups excluding carboxylic acids is 7. The lowest BCUT2D eigenvalue weighted by atomic mass is 9.86. The number of carbonyl (C=O) groups is 7. The third kappa shape index (κ3) is 24.5. The Hall–Kier alpha value is -13.2. The van der Waals surface area contributed by atoms with Crippen LogP contribution in [-0.4, -0.2) is 236 Å². The van der Waals surface area contributed by atoms with Gasteiger partial charge in [0.1, 0.15) is 0 Å². The molecule has 9 aliphatic heterocycles. The molecule has 0 spiro atoms. The summed E-state index contributed by atoms with van der Waals surface area (Å²) in [4.78, 5) is 103. The van der Waals surface area contributed by atoms with E-state index in [-0.39, 0.29) is 70.9 Å². The molecule has 0 bridgehead atoms. The van der Waals surface area contributed by atoms with Gasteiger partial charge >= 0.3 is 30.9 Å². The van der Waals surface area contributed by atoms with E-state index >= 15 is 0 Å². The molecule has 0 radical (unpaired) electrons. The third-order valence-corrected chi connectivity index (χ3v) is 30.9. The maximum atomic E-state index is 13.4. The fourth-order valence-corrected chi connectivity index (χ4v) is 22.9. The Kier molecular flexibility index (Phi) is 33.8. The van der Waals surface area contributed by atoms with Crippen molar-refractivity contribution in [2.45, 2.75) is 230 Å². The molecule has 0 unspecified atom stereocenters. The highest BCUT2D eigenvalue weighted by molar-refractivity contribution is 5.97. The normalized spacial score (nSPS) is 17.8. The fraction of sp³-hybridized carbons (Fsp3) is 0.500. The molecule has 42 heteroatoms. The van der Waals surface area contributed by atoms with Crippen molar-refractivity contribution in [3.63, 3.8) is 0 Å². The van der Waals surface area contributed by atoms with Crippen LogP contribution in [0.2, 0.25) is 0 Å². The number of likely N-dealkylation sites (N-methyl/N-ethyl adjacent to an activating group) is 1. The average Bonchev–Trinajstić information content (AvgIpc) is 1.62. The first-order chi connectivity index (χ1) is 71.5. The number of aromatic nitrogens is 10. The van der Waals surface area contributed by atoms with Crippen LogP contribution in [0.25, 0.3) is 0 Å². The van der Waals surface area contributed by atoms with Crippen LogP contribution < -0.4 is 10.6 Å². The van der Waals surface area contributed by atoms with Crippen molar-refractivity contribution in [2.75, 3.05) is 105 Å². The molecule has 1 aliphatic carbocycles. The van der Waals surface area contributed by atoms with E-state index in [4.69, 9.17) is 0 Å². The molecule has 27 nitrogen and oxygen atoms in total. The van der Waals surface area contributed by atoms with Crippen LogP contribution in [0.15, 0.2) is 134 Å². The molecule has 150 heavy (non-hydrogen) atoms. The van der Waals surface area contributed by atoms with Gasteiger partial charge < -0.3 is 49.8 Å². The number of piperidine rings is 5. The van der Waals surface area contributed by atoms with Gasteiger partial charge in [-0.15, -0.1) is 0 Å². The molecule has 804 valence electrons. The van der Waals surface area contributed by atoms with Crippen LogP contribution in [0.5, 0.6) is 0 Å². The number of likely N-dealkylation sites (tertiary alicyclic amines) is 5. The molecule has 0 saturated carbocycles. The zero-order valence-corrected chi connectivity index (χ0v) is 84.7. The number of nitrogens with one attached hydrogen (secondary N) is 4. The predicted molar refractivity (Wildman–Crippen MR) is 527 cm³/mol. The largest absolute Gasteiger partial charge is 0.416 e. The van der Waals surface area contributed by atoms with Gasteiger partial charge in [-0.05, 0) is 217 Å². The van der Waals surface area contributed by atoms with Gasteiger partial charge in [0.25, 0.3) is 29.5 Å². The van der Waals surface area contributed by atoms with Crippen LogP contribution in [-0.2, 0) is 126 Å². The first-order valence-electron chi connectivity index (χ1n) is 51.3. The molecule has 7 amide bonds. The lowest BCUT2D eigenvalue weighted by Crippen LogP contribution is -2.40. The Morgan fingerprint density at radius 2 is 0.660 bits per heavy atom. The zero-order valence-electron chi connectivity index (χ0n) is 84.7. The van der Waals surface area contributed by atoms with Crippen LogP contribution in [0, 0.1) is 0 Å². The summed E-state index contributed by atoms with van der Waals surface area (Å²) < 4.78 is 206. The quantitative estimate of drug-likeness (QED) is 0.0737. The van der Waals surface area contributed by atoms with Gasteiger partial charge in [0.15, 0.2) is 28.5 Å². The van der Waals surface area contributed by atoms with Gasteiger partial charge in [-0.25, -0.2) is 0 Å². The van der Waals surface area contributed by atoms with Gasteiger partial charge in [0.05, 0.1) is 45.7 Å². The molecular formula is C108H125F15N20O7. The van der Waals surface area contributed by atoms with E-state index in [9.17, 15) is 99.4 Å². The molecule has 5 aromatic heterocycles. The minimum absolute atomic E-state index is 0.00594. The zero-order chi connectivity index (χ0) is 107. The number of aryl methyl sites for hydroxylation is 4. The second kappa shape index (κ2) is 46.4. The highest BCUT2D eigenvalue weighted by Gasteiger charge is 2.46. The fourth-order valence-electron chi connectivity index (χ4n) is 22.9. The van der Waals surface area contributed by atoms with E-state index in [1.165, 1.54) is 50.2 Å². The molecule has 20 rings (SSSR count). The molecule has 10 aliphatic rings. The first-order valence-corrected chi connectivity index (χ1v) is 51.3. The topological polar surface area (TPSA) is 280 Å². The highest BCUT2D eigenvalue weighted by atomic mass is 19.4. The van der Waals surface area contributed by atoms with Crippen LogP contribution >= 0.6 is 0 Å². The minimum Gasteiger partial charge on any atom is -0.370 e. The van der Waals surface area contributed by atoms with Gasteiger partial charge in [-0.1, -0.05) is 97.6 Å². The number of aromatic amines is 2. The van der Waals surface area contributed by atoms with Gasteiger partial charge in [0, 0.05) is 203 Å². The Balaban J connectivity index is 0.000000134. The van der Waals surface area contributed by atoms with E-state index < -0.39 is 58.7 Å². The average molecular weight is 2100 g/mol. The Morgan fingerprint density at radius 3 is 1.01 bits per heavy atom. The summed E-state index contributed by atoms with van der Waals surface area (Å²) in [5.74, 6) is -1.88. The number of hydrogen-bond acceptors (Lipinski definition) is 15. The number of halogens is 15. The Bertz CT molecular complexity index is 6530. The number of amides is 7. The second-order valence-electron chi connectivity index (χ2n) is 40.0. The number of fused-ring (bicyclic) bond motifs is 5. The molecule has 4 N–H and O–H groups in total.